The van der Waals surface area contributed by atoms with Gasteiger partial charge in [0.15, 0.2) is 17.1 Å². The molecule has 46 heavy (non-hydrogen) atoms. The summed E-state index contributed by atoms with van der Waals surface area (Å²) in [6.07, 6.45) is 1.28. The Morgan fingerprint density at radius 2 is 1.80 bits per heavy atom. The van der Waals surface area contributed by atoms with Crippen molar-refractivity contribution in [2.75, 3.05) is 12.4 Å². The molecule has 0 bridgehead atoms. The number of hydrogen-bond acceptors (Lipinski definition) is 7. The maximum Gasteiger partial charge on any atom is 0.332 e. The number of aliphatic imine (C=N–C) groups is 1. The third-order valence-electron chi connectivity index (χ3n) is 9.89. The number of aliphatic hydroxyl groups excluding tert-OH is 2. The van der Waals surface area contributed by atoms with Crippen LogP contribution in [0.3, 0.4) is 0 Å². The summed E-state index contributed by atoms with van der Waals surface area (Å²) in [6, 6.07) is -0.572. The van der Waals surface area contributed by atoms with Crippen molar-refractivity contribution >= 4 is 41.2 Å². The summed E-state index contributed by atoms with van der Waals surface area (Å²) in [5.74, 6) is -1.23. The molecule has 13 heteroatoms. The first-order chi connectivity index (χ1) is 21.8. The van der Waals surface area contributed by atoms with Gasteiger partial charge < -0.3 is 36.0 Å². The molecule has 2 fully saturated rings. The first-order valence-electron chi connectivity index (χ1n) is 15.7. The summed E-state index contributed by atoms with van der Waals surface area (Å²) in [4.78, 5) is 56.8. The molecule has 2 saturated heterocycles. The van der Waals surface area contributed by atoms with Gasteiger partial charge in [-0.2, -0.15) is 0 Å². The highest BCUT2D eigenvalue weighted by atomic mass is 32.2. The zero-order valence-electron chi connectivity index (χ0n) is 26.5. The summed E-state index contributed by atoms with van der Waals surface area (Å²) in [6.45, 7) is 7.37. The van der Waals surface area contributed by atoms with Crippen LogP contribution in [-0.2, 0) is 50.2 Å². The number of aromatic nitrogens is 1. The van der Waals surface area contributed by atoms with Crippen LogP contribution < -0.4 is 10.6 Å². The average molecular weight is 656 g/mol. The quantitative estimate of drug-likeness (QED) is 0.0876. The molecule has 2 amide bonds. The van der Waals surface area contributed by atoms with Gasteiger partial charge in [0.25, 0.3) is 5.91 Å². The van der Waals surface area contributed by atoms with Crippen LogP contribution in [0.15, 0.2) is 39.1 Å². The largest absolute Gasteiger partial charge is 0.481 e. The number of nitrogens with one attached hydrogen (secondary N) is 3. The van der Waals surface area contributed by atoms with Crippen LogP contribution in [0.5, 0.6) is 0 Å². The maximum absolute atomic E-state index is 12.6. The van der Waals surface area contributed by atoms with E-state index in [1.54, 1.807) is 13.0 Å². The molecule has 1 aromatic heterocycles. The number of aliphatic hydroxyl groups is 2. The van der Waals surface area contributed by atoms with E-state index < -0.39 is 24.1 Å². The minimum absolute atomic E-state index is 0.0280. The monoisotopic (exact) mass is 655 g/mol. The summed E-state index contributed by atoms with van der Waals surface area (Å²) in [7, 11) is 0. The number of allylic oxidation sites excluding steroid dienone is 3. The fraction of sp³-hybridized carbons (Fsp3) is 0.545. The maximum atomic E-state index is 12.6. The van der Waals surface area contributed by atoms with Crippen molar-refractivity contribution in [3.8, 4) is 0 Å². The van der Waals surface area contributed by atoms with Gasteiger partial charge in [0, 0.05) is 79.2 Å². The molecule has 248 valence electrons. The first-order valence-corrected chi connectivity index (χ1v) is 16.9. The highest BCUT2D eigenvalue weighted by Crippen LogP contribution is 2.38. The van der Waals surface area contributed by atoms with Gasteiger partial charge in [-0.3, -0.25) is 19.4 Å². The number of rotatable bonds is 14. The minimum atomic E-state index is -1.64. The van der Waals surface area contributed by atoms with E-state index in [0.29, 0.717) is 51.8 Å². The minimum Gasteiger partial charge on any atom is -0.481 e. The molecule has 5 heterocycles. The highest BCUT2D eigenvalue weighted by Gasteiger charge is 2.54. The summed E-state index contributed by atoms with van der Waals surface area (Å²) < 4.78 is 0. The lowest BCUT2D eigenvalue weighted by atomic mass is 9.86. The van der Waals surface area contributed by atoms with Gasteiger partial charge in [0.2, 0.25) is 5.91 Å². The molecular weight excluding hydrogens is 612 g/mol. The molecular formula is C33H43N4O8S+. The molecule has 0 aromatic carbocycles. The molecule has 4 aliphatic rings. The molecule has 7 N–H and O–H groups in total. The van der Waals surface area contributed by atoms with E-state index in [0.717, 1.165) is 28.3 Å². The lowest BCUT2D eigenvalue weighted by Gasteiger charge is -2.17. The van der Waals surface area contributed by atoms with Gasteiger partial charge in [-0.1, -0.05) is 6.92 Å². The zero-order chi connectivity index (χ0) is 33.4. The van der Waals surface area contributed by atoms with Crippen molar-refractivity contribution in [1.29, 1.82) is 0 Å². The standard InChI is InChI=1S/C33H42N4O8S/c1-14-18(5-6-29(40)41)24(34-22(14)11-26-30(28-13-46-28)17(4)31(42)37-26)12-25-20(9-27(39)33(44)45)16(3)21(35-25)10-23-15(2)19(7-8-38)32(43)36-23/h10,17,25-28,30,34,38-39H,5-9,11-13H2,1-4H3,(H,36,43)(H,37,42)(H,40,41)(H,44,45)/p+1/b23-10-/t17-,25?,26?,27?,28-,30-/m1/s1. The first kappa shape index (κ1) is 33.7. The lowest BCUT2D eigenvalue weighted by Crippen LogP contribution is -2.33. The second kappa shape index (κ2) is 13.6. The number of hydrogen-bond donors (Lipinski definition) is 7. The van der Waals surface area contributed by atoms with Crippen LogP contribution in [0.25, 0.3) is 0 Å². The summed E-state index contributed by atoms with van der Waals surface area (Å²) in [5, 5.41) is 45.2. The van der Waals surface area contributed by atoms with Crippen LogP contribution in [0, 0.1) is 18.8 Å². The number of thiol groups is 1. The van der Waals surface area contributed by atoms with E-state index in [4.69, 9.17) is 4.99 Å². The van der Waals surface area contributed by atoms with Gasteiger partial charge in [-0.15, -0.1) is 0 Å². The second-order valence-corrected chi connectivity index (χ2v) is 14.1. The van der Waals surface area contributed by atoms with Crippen molar-refractivity contribution in [3.63, 3.8) is 0 Å². The van der Waals surface area contributed by atoms with Gasteiger partial charge in [0.1, 0.15) is 0 Å². The Bertz CT molecular complexity index is 1580. The van der Waals surface area contributed by atoms with Gasteiger partial charge in [-0.25, -0.2) is 4.79 Å². The number of carbonyl (C=O) groups is 4. The number of aliphatic carboxylic acids is 2. The Hall–Kier alpha value is -3.68. The number of nitrogens with zero attached hydrogens (tertiary/aromatic N) is 1. The summed E-state index contributed by atoms with van der Waals surface area (Å²) >= 11 is 1.37. The number of carboxylic acids is 2. The molecule has 12 nitrogen and oxygen atoms in total. The highest BCUT2D eigenvalue weighted by molar-refractivity contribution is 7.86. The van der Waals surface area contributed by atoms with Crippen LogP contribution in [0.1, 0.15) is 62.5 Å². The molecule has 0 radical (unpaired) electrons. The fourth-order valence-corrected chi connectivity index (χ4v) is 8.20. The van der Waals surface area contributed by atoms with Gasteiger partial charge in [0.05, 0.1) is 11.8 Å². The Labute approximate surface area is 271 Å². The van der Waals surface area contributed by atoms with E-state index in [1.165, 1.54) is 11.8 Å². The molecule has 1 aromatic rings. The Balaban J connectivity index is 1.49. The molecule has 3 unspecified atom stereocenters. The molecule has 5 rings (SSSR count). The third kappa shape index (κ3) is 6.86. The van der Waals surface area contributed by atoms with Crippen molar-refractivity contribution in [3.05, 3.63) is 56.6 Å². The zero-order valence-corrected chi connectivity index (χ0v) is 27.4. The third-order valence-corrected chi connectivity index (χ3v) is 11.0. The predicted molar refractivity (Wildman–Crippen MR) is 174 cm³/mol. The second-order valence-electron chi connectivity index (χ2n) is 12.7. The molecule has 0 saturated carbocycles. The van der Waals surface area contributed by atoms with Gasteiger partial charge in [-0.05, 0) is 72.9 Å². The predicted octanol–water partition coefficient (Wildman–Crippen LogP) is 1.06. The molecule has 4 aliphatic heterocycles. The molecule has 0 aliphatic carbocycles. The fourth-order valence-electron chi connectivity index (χ4n) is 7.12. The van der Waals surface area contributed by atoms with Crippen molar-refractivity contribution in [2.24, 2.45) is 16.8 Å². The number of carboxylic acid groups (broad SMARTS) is 2. The lowest BCUT2D eigenvalue weighted by molar-refractivity contribution is -0.146. The molecule has 6 atom stereocenters. The van der Waals surface area contributed by atoms with E-state index in [9.17, 15) is 39.6 Å². The number of carbonyl (C=O) groups excluding carboxylic acids is 2. The van der Waals surface area contributed by atoms with E-state index in [2.05, 4.69) is 15.6 Å². The smallest absolute Gasteiger partial charge is 0.332 e. The Morgan fingerprint density at radius 3 is 2.43 bits per heavy atom. The Morgan fingerprint density at radius 1 is 1.09 bits per heavy atom. The molecule has 0 spiro atoms. The Kier molecular flexibility index (Phi) is 9.95. The number of H-pyrrole nitrogens is 1. The van der Waals surface area contributed by atoms with Crippen LogP contribution in [0.2, 0.25) is 0 Å². The van der Waals surface area contributed by atoms with Crippen molar-refractivity contribution in [1.82, 2.24) is 15.6 Å². The van der Waals surface area contributed by atoms with Crippen molar-refractivity contribution in [2.45, 2.75) is 89.7 Å². The van der Waals surface area contributed by atoms with E-state index in [-0.39, 0.29) is 62.0 Å². The average Bonchev–Trinajstić information content (AvgIpc) is 3.59. The van der Waals surface area contributed by atoms with Crippen LogP contribution >= 0.6 is 0 Å². The normalized spacial score (nSPS) is 27.4. The van der Waals surface area contributed by atoms with E-state index in [1.807, 2.05) is 20.8 Å². The SMILES string of the molecule is CC1=C(CC(O)C(=O)O)C(Cc2[nH]c(CC3NC(=O)[C@H](C)[C@H]3[C@H]3C[SH+]3)c(C)c2CCC(=O)O)N=C1/C=C1\NC(=O)C(CCO)=C1C. The van der Waals surface area contributed by atoms with Crippen LogP contribution in [0.4, 0.5) is 0 Å². The number of amides is 2. The summed E-state index contributed by atoms with van der Waals surface area (Å²) in [5.41, 5.74) is 7.14. The van der Waals surface area contributed by atoms with Crippen LogP contribution in [-0.4, -0.2) is 90.7 Å². The van der Waals surface area contributed by atoms with Crippen molar-refractivity contribution < 1.29 is 39.6 Å². The topological polar surface area (TPSA) is 201 Å². The van der Waals surface area contributed by atoms with Gasteiger partial charge >= 0.3 is 11.9 Å². The number of aromatic amines is 1. The van der Waals surface area contributed by atoms with E-state index >= 15 is 0 Å².